The first kappa shape index (κ1) is 19.5. The van der Waals surface area contributed by atoms with E-state index < -0.39 is 0 Å². The number of likely N-dealkylation sites (tertiary alicyclic amines) is 1. The van der Waals surface area contributed by atoms with Crippen molar-refractivity contribution in [1.82, 2.24) is 14.9 Å². The van der Waals surface area contributed by atoms with Gasteiger partial charge in [-0.2, -0.15) is 0 Å². The van der Waals surface area contributed by atoms with Gasteiger partial charge >= 0.3 is 0 Å². The van der Waals surface area contributed by atoms with Crippen LogP contribution in [0.3, 0.4) is 0 Å². The fourth-order valence-corrected chi connectivity index (χ4v) is 4.99. The number of pyridine rings is 2. The summed E-state index contributed by atoms with van der Waals surface area (Å²) in [6.07, 6.45) is 9.96. The standard InChI is InChI=1S/C26H26ClN3/c1-18-14-22-3-2-21-15-23(27)4-5-24(21)25(26(22)29-16-18)20-8-12-30(13-9-20)17-19-6-10-28-11-7-19/h4-7,10-11,14-16H,2-3,8-9,12-13,17H2,1H3. The van der Waals surface area contributed by atoms with Crippen LogP contribution in [0.15, 0.2) is 60.6 Å². The van der Waals surface area contributed by atoms with Crippen molar-refractivity contribution >= 4 is 17.2 Å². The second kappa shape index (κ2) is 8.33. The van der Waals surface area contributed by atoms with Gasteiger partial charge in [-0.1, -0.05) is 29.3 Å². The average molecular weight is 416 g/mol. The molecule has 0 amide bonds. The maximum atomic E-state index is 6.35. The second-order valence-corrected chi connectivity index (χ2v) is 8.87. The van der Waals surface area contributed by atoms with Crippen molar-refractivity contribution in [2.45, 2.75) is 39.2 Å². The number of hydrogen-bond donors (Lipinski definition) is 0. The normalized spacial score (nSPS) is 16.7. The molecule has 0 spiro atoms. The van der Waals surface area contributed by atoms with E-state index in [4.69, 9.17) is 16.6 Å². The van der Waals surface area contributed by atoms with Gasteiger partial charge in [-0.25, -0.2) is 0 Å². The van der Waals surface area contributed by atoms with Crippen LogP contribution in [0.2, 0.25) is 5.02 Å². The Labute approximate surface area is 183 Å². The number of piperidine rings is 1. The average Bonchev–Trinajstić information content (AvgIpc) is 2.91. The molecule has 1 saturated heterocycles. The molecule has 0 saturated carbocycles. The fourth-order valence-electron chi connectivity index (χ4n) is 4.79. The van der Waals surface area contributed by atoms with Crippen LogP contribution in [-0.4, -0.2) is 28.0 Å². The van der Waals surface area contributed by atoms with Crippen LogP contribution in [0.5, 0.6) is 0 Å². The largest absolute Gasteiger partial charge is 0.298 e. The van der Waals surface area contributed by atoms with Gasteiger partial charge < -0.3 is 0 Å². The zero-order chi connectivity index (χ0) is 20.5. The maximum Gasteiger partial charge on any atom is 0.0739 e. The quantitative estimate of drug-likeness (QED) is 0.542. The highest BCUT2D eigenvalue weighted by molar-refractivity contribution is 6.30. The number of hydrogen-bond acceptors (Lipinski definition) is 3. The molecule has 1 aliphatic carbocycles. The Bertz CT molecular complexity index is 1040. The molecule has 3 heterocycles. The van der Waals surface area contributed by atoms with E-state index in [1.165, 1.54) is 44.7 Å². The monoisotopic (exact) mass is 415 g/mol. The number of fused-ring (bicyclic) bond motifs is 2. The van der Waals surface area contributed by atoms with Crippen molar-refractivity contribution < 1.29 is 0 Å². The zero-order valence-corrected chi connectivity index (χ0v) is 18.1. The molecule has 2 aliphatic rings. The molecule has 1 aliphatic heterocycles. The SMILES string of the molecule is Cc1cnc2c(c1)CCc1cc(Cl)ccc1C2=C1CCN(Cc2ccncc2)CC1. The molecule has 3 nitrogen and oxygen atoms in total. The summed E-state index contributed by atoms with van der Waals surface area (Å²) in [6, 6.07) is 12.9. The Balaban J connectivity index is 1.51. The van der Waals surface area contributed by atoms with E-state index in [1.54, 1.807) is 0 Å². The molecule has 2 aromatic heterocycles. The van der Waals surface area contributed by atoms with Crippen LogP contribution in [0.1, 0.15) is 46.4 Å². The summed E-state index contributed by atoms with van der Waals surface area (Å²) in [5, 5.41) is 0.820. The van der Waals surface area contributed by atoms with Gasteiger partial charge in [-0.3, -0.25) is 14.9 Å². The number of rotatable bonds is 2. The van der Waals surface area contributed by atoms with Gasteiger partial charge in [0.1, 0.15) is 0 Å². The van der Waals surface area contributed by atoms with Gasteiger partial charge in [-0.15, -0.1) is 0 Å². The number of benzene rings is 1. The molecule has 0 bridgehead atoms. The first-order valence-corrected chi connectivity index (χ1v) is 11.1. The molecular weight excluding hydrogens is 390 g/mol. The number of aromatic nitrogens is 2. The number of aryl methyl sites for hydroxylation is 3. The molecule has 152 valence electrons. The minimum Gasteiger partial charge on any atom is -0.298 e. The van der Waals surface area contributed by atoms with Gasteiger partial charge in [0.25, 0.3) is 0 Å². The van der Waals surface area contributed by atoms with Gasteiger partial charge in [0.05, 0.1) is 5.69 Å². The van der Waals surface area contributed by atoms with Crippen LogP contribution in [-0.2, 0) is 19.4 Å². The maximum absolute atomic E-state index is 6.35. The smallest absolute Gasteiger partial charge is 0.0739 e. The molecule has 3 aromatic rings. The second-order valence-electron chi connectivity index (χ2n) is 8.43. The first-order valence-electron chi connectivity index (χ1n) is 10.8. The van der Waals surface area contributed by atoms with E-state index in [9.17, 15) is 0 Å². The van der Waals surface area contributed by atoms with Crippen molar-refractivity contribution in [3.8, 4) is 0 Å². The summed E-state index contributed by atoms with van der Waals surface area (Å²) in [7, 11) is 0. The lowest BCUT2D eigenvalue weighted by molar-refractivity contribution is 0.248. The Kier molecular flexibility index (Phi) is 5.41. The van der Waals surface area contributed by atoms with Gasteiger partial charge in [0.2, 0.25) is 0 Å². The van der Waals surface area contributed by atoms with E-state index >= 15 is 0 Å². The highest BCUT2D eigenvalue weighted by Gasteiger charge is 2.25. The molecule has 0 radical (unpaired) electrons. The molecule has 4 heteroatoms. The Hall–Kier alpha value is -2.49. The van der Waals surface area contributed by atoms with E-state index in [1.807, 2.05) is 24.7 Å². The van der Waals surface area contributed by atoms with E-state index in [2.05, 4.69) is 47.1 Å². The van der Waals surface area contributed by atoms with Crippen molar-refractivity contribution in [3.63, 3.8) is 0 Å². The molecule has 1 aromatic carbocycles. The molecule has 0 atom stereocenters. The first-order chi connectivity index (χ1) is 14.7. The molecule has 0 N–H and O–H groups in total. The molecule has 0 unspecified atom stereocenters. The summed E-state index contributed by atoms with van der Waals surface area (Å²) in [5.41, 5.74) is 10.7. The predicted molar refractivity (Wildman–Crippen MR) is 123 cm³/mol. The molecule has 30 heavy (non-hydrogen) atoms. The van der Waals surface area contributed by atoms with E-state index in [0.717, 1.165) is 50.3 Å². The molecule has 5 rings (SSSR count). The summed E-state index contributed by atoms with van der Waals surface area (Å²) in [5.74, 6) is 0. The van der Waals surface area contributed by atoms with E-state index in [0.29, 0.717) is 0 Å². The van der Waals surface area contributed by atoms with Crippen molar-refractivity contribution in [1.29, 1.82) is 0 Å². The predicted octanol–water partition coefficient (Wildman–Crippen LogP) is 5.63. The van der Waals surface area contributed by atoms with Gasteiger partial charge in [-0.05, 0) is 84.7 Å². The third-order valence-corrected chi connectivity index (χ3v) is 6.54. The number of nitrogens with zero attached hydrogens (tertiary/aromatic N) is 3. The lowest BCUT2D eigenvalue weighted by atomic mass is 9.88. The van der Waals surface area contributed by atoms with Crippen LogP contribution in [0.4, 0.5) is 0 Å². The van der Waals surface area contributed by atoms with Crippen molar-refractivity contribution in [3.05, 3.63) is 99.1 Å². The minimum atomic E-state index is 0.820. The van der Waals surface area contributed by atoms with Crippen LogP contribution < -0.4 is 0 Å². The van der Waals surface area contributed by atoms with Gasteiger partial charge in [0, 0.05) is 48.8 Å². The summed E-state index contributed by atoms with van der Waals surface area (Å²) in [6.45, 7) is 5.27. The molecule has 1 fully saturated rings. The Morgan fingerprint density at radius 2 is 1.70 bits per heavy atom. The molecular formula is C26H26ClN3. The van der Waals surface area contributed by atoms with Crippen molar-refractivity contribution in [2.75, 3.05) is 13.1 Å². The highest BCUT2D eigenvalue weighted by Crippen LogP contribution is 2.38. The minimum absolute atomic E-state index is 0.820. The highest BCUT2D eigenvalue weighted by atomic mass is 35.5. The lowest BCUT2D eigenvalue weighted by Crippen LogP contribution is -2.30. The summed E-state index contributed by atoms with van der Waals surface area (Å²) in [4.78, 5) is 11.6. The Morgan fingerprint density at radius 1 is 0.933 bits per heavy atom. The van der Waals surface area contributed by atoms with E-state index in [-0.39, 0.29) is 0 Å². The van der Waals surface area contributed by atoms with Crippen LogP contribution in [0, 0.1) is 6.92 Å². The van der Waals surface area contributed by atoms with Crippen LogP contribution >= 0.6 is 11.6 Å². The van der Waals surface area contributed by atoms with Gasteiger partial charge in [0.15, 0.2) is 0 Å². The fraction of sp³-hybridized carbons (Fsp3) is 0.308. The third kappa shape index (κ3) is 3.92. The lowest BCUT2D eigenvalue weighted by Gasteiger charge is -2.30. The third-order valence-electron chi connectivity index (χ3n) is 6.31. The van der Waals surface area contributed by atoms with Crippen LogP contribution in [0.25, 0.3) is 5.57 Å². The topological polar surface area (TPSA) is 29.0 Å². The zero-order valence-electron chi connectivity index (χ0n) is 17.4. The summed E-state index contributed by atoms with van der Waals surface area (Å²) >= 11 is 6.35. The Morgan fingerprint density at radius 3 is 2.50 bits per heavy atom. The number of halogens is 1. The summed E-state index contributed by atoms with van der Waals surface area (Å²) < 4.78 is 0. The van der Waals surface area contributed by atoms with Crippen molar-refractivity contribution in [2.24, 2.45) is 0 Å².